The second kappa shape index (κ2) is 4.22. The first kappa shape index (κ1) is 10.7. The molecule has 0 aliphatic rings. The Hall–Kier alpha value is -1.38. The van der Waals surface area contributed by atoms with E-state index in [0.717, 1.165) is 5.69 Å². The van der Waals surface area contributed by atoms with Gasteiger partial charge in [-0.15, -0.1) is 5.10 Å². The molecule has 3 heteroatoms. The van der Waals surface area contributed by atoms with Crippen molar-refractivity contribution in [1.82, 2.24) is 10.2 Å². The predicted molar refractivity (Wildman–Crippen MR) is 56.4 cm³/mol. The van der Waals surface area contributed by atoms with Gasteiger partial charge in [0.2, 0.25) is 5.88 Å². The lowest BCUT2D eigenvalue weighted by Gasteiger charge is -2.16. The van der Waals surface area contributed by atoms with E-state index in [1.54, 1.807) is 6.08 Å². The Labute approximate surface area is 84.8 Å². The average Bonchev–Trinajstić information content (AvgIpc) is 2.14. The second-order valence-electron chi connectivity index (χ2n) is 4.11. The minimum Gasteiger partial charge on any atom is -0.472 e. The second-order valence-corrected chi connectivity index (χ2v) is 4.11. The van der Waals surface area contributed by atoms with E-state index in [-0.39, 0.29) is 5.41 Å². The first-order valence-corrected chi connectivity index (χ1v) is 4.62. The van der Waals surface area contributed by atoms with Gasteiger partial charge in [0.15, 0.2) is 0 Å². The zero-order valence-corrected chi connectivity index (χ0v) is 8.95. The normalized spacial score (nSPS) is 11.1. The highest BCUT2D eigenvalue weighted by atomic mass is 16.5. The highest BCUT2D eigenvalue weighted by Gasteiger charge is 2.15. The van der Waals surface area contributed by atoms with Gasteiger partial charge in [0.05, 0.1) is 5.69 Å². The van der Waals surface area contributed by atoms with Gasteiger partial charge in [-0.2, -0.15) is 5.10 Å². The van der Waals surface area contributed by atoms with Crippen LogP contribution in [-0.4, -0.2) is 16.8 Å². The molecular weight excluding hydrogens is 176 g/mol. The maximum atomic E-state index is 5.23. The quantitative estimate of drug-likeness (QED) is 0.689. The number of nitrogens with zero attached hydrogens (tertiary/aromatic N) is 2. The Balaban J connectivity index is 2.73. The molecule has 0 spiro atoms. The van der Waals surface area contributed by atoms with Crippen LogP contribution < -0.4 is 4.74 Å². The fourth-order valence-electron chi connectivity index (χ4n) is 0.941. The molecule has 1 heterocycles. The molecule has 0 radical (unpaired) electrons. The number of hydrogen-bond acceptors (Lipinski definition) is 3. The number of rotatable bonds is 3. The largest absolute Gasteiger partial charge is 0.472 e. The van der Waals surface area contributed by atoms with Gasteiger partial charge >= 0.3 is 0 Å². The summed E-state index contributed by atoms with van der Waals surface area (Å²) in [6.45, 7) is 10.3. The van der Waals surface area contributed by atoms with Crippen molar-refractivity contribution < 1.29 is 4.74 Å². The van der Waals surface area contributed by atoms with Crippen molar-refractivity contribution in [2.75, 3.05) is 6.61 Å². The minimum absolute atomic E-state index is 0.0317. The molecule has 14 heavy (non-hydrogen) atoms. The van der Waals surface area contributed by atoms with Crippen LogP contribution in [0.25, 0.3) is 0 Å². The maximum Gasteiger partial charge on any atom is 0.233 e. The van der Waals surface area contributed by atoms with Gasteiger partial charge in [-0.3, -0.25) is 0 Å². The van der Waals surface area contributed by atoms with Gasteiger partial charge in [-0.25, -0.2) is 0 Å². The lowest BCUT2D eigenvalue weighted by molar-refractivity contribution is 0.342. The summed E-state index contributed by atoms with van der Waals surface area (Å²) in [5.74, 6) is 0.540. The Morgan fingerprint density at radius 1 is 1.36 bits per heavy atom. The lowest BCUT2D eigenvalue weighted by atomic mass is 9.92. The summed E-state index contributed by atoms with van der Waals surface area (Å²) in [6.07, 6.45) is 1.68. The van der Waals surface area contributed by atoms with Crippen molar-refractivity contribution in [2.45, 2.75) is 26.2 Å². The van der Waals surface area contributed by atoms with Crippen LogP contribution >= 0.6 is 0 Å². The van der Waals surface area contributed by atoms with E-state index in [2.05, 4.69) is 37.5 Å². The number of aromatic nitrogens is 2. The van der Waals surface area contributed by atoms with Crippen molar-refractivity contribution in [2.24, 2.45) is 0 Å². The molecule has 0 aromatic carbocycles. The van der Waals surface area contributed by atoms with E-state index in [0.29, 0.717) is 12.5 Å². The molecule has 0 bridgehead atoms. The number of hydrogen-bond donors (Lipinski definition) is 0. The molecule has 0 saturated carbocycles. The molecule has 0 atom stereocenters. The molecule has 1 aromatic rings. The summed E-state index contributed by atoms with van der Waals surface area (Å²) >= 11 is 0. The van der Waals surface area contributed by atoms with Crippen LogP contribution in [0.1, 0.15) is 26.5 Å². The highest BCUT2D eigenvalue weighted by Crippen LogP contribution is 2.19. The first-order valence-electron chi connectivity index (χ1n) is 4.62. The Morgan fingerprint density at radius 2 is 2.07 bits per heavy atom. The third-order valence-electron chi connectivity index (χ3n) is 1.76. The third kappa shape index (κ3) is 2.83. The van der Waals surface area contributed by atoms with E-state index in [4.69, 9.17) is 4.74 Å². The lowest BCUT2D eigenvalue weighted by Crippen LogP contribution is -2.14. The van der Waals surface area contributed by atoms with E-state index < -0.39 is 0 Å². The van der Waals surface area contributed by atoms with Crippen molar-refractivity contribution >= 4 is 0 Å². The molecule has 1 rings (SSSR count). The van der Waals surface area contributed by atoms with E-state index in [9.17, 15) is 0 Å². The number of ether oxygens (including phenoxy) is 1. The summed E-state index contributed by atoms with van der Waals surface area (Å²) in [6, 6.07) is 3.77. The molecule has 0 fully saturated rings. The summed E-state index contributed by atoms with van der Waals surface area (Å²) in [5.41, 5.74) is 0.993. The Kier molecular flexibility index (Phi) is 3.23. The van der Waals surface area contributed by atoms with Gasteiger partial charge in [-0.1, -0.05) is 33.4 Å². The molecular formula is C11H16N2O. The van der Waals surface area contributed by atoms with Crippen molar-refractivity contribution in [3.8, 4) is 5.88 Å². The predicted octanol–water partition coefficient (Wildman–Crippen LogP) is 2.34. The maximum absolute atomic E-state index is 5.23. The standard InChI is InChI=1S/C11H16N2O/c1-5-8-14-10-7-6-9(12-13-10)11(2,3)4/h5-7H,1,8H2,2-4H3. The van der Waals surface area contributed by atoms with E-state index >= 15 is 0 Å². The molecule has 0 amide bonds. The van der Waals surface area contributed by atoms with Gasteiger partial charge in [0.25, 0.3) is 0 Å². The van der Waals surface area contributed by atoms with Gasteiger partial charge in [0, 0.05) is 11.5 Å². The summed E-state index contributed by atoms with van der Waals surface area (Å²) in [7, 11) is 0. The molecule has 1 aromatic heterocycles. The van der Waals surface area contributed by atoms with Crippen LogP contribution in [-0.2, 0) is 5.41 Å². The zero-order chi connectivity index (χ0) is 10.6. The summed E-state index contributed by atoms with van der Waals surface area (Å²) < 4.78 is 5.23. The third-order valence-corrected chi connectivity index (χ3v) is 1.76. The first-order chi connectivity index (χ1) is 6.54. The molecule has 0 aliphatic carbocycles. The summed E-state index contributed by atoms with van der Waals surface area (Å²) in [5, 5.41) is 8.06. The van der Waals surface area contributed by atoms with Crippen LogP contribution in [0.3, 0.4) is 0 Å². The molecule has 0 saturated heterocycles. The smallest absolute Gasteiger partial charge is 0.233 e. The fraction of sp³-hybridized carbons (Fsp3) is 0.455. The molecule has 0 aliphatic heterocycles. The monoisotopic (exact) mass is 192 g/mol. The molecule has 0 N–H and O–H groups in total. The van der Waals surface area contributed by atoms with Crippen LogP contribution in [0.4, 0.5) is 0 Å². The van der Waals surface area contributed by atoms with Crippen molar-refractivity contribution in [3.05, 3.63) is 30.5 Å². The van der Waals surface area contributed by atoms with Crippen LogP contribution in [0.5, 0.6) is 5.88 Å². The molecule has 3 nitrogen and oxygen atoms in total. The Bertz CT molecular complexity index is 298. The van der Waals surface area contributed by atoms with Crippen LogP contribution in [0.2, 0.25) is 0 Å². The fourth-order valence-corrected chi connectivity index (χ4v) is 0.941. The topological polar surface area (TPSA) is 35.0 Å². The van der Waals surface area contributed by atoms with E-state index in [1.165, 1.54) is 0 Å². The van der Waals surface area contributed by atoms with Crippen molar-refractivity contribution in [3.63, 3.8) is 0 Å². The minimum atomic E-state index is 0.0317. The van der Waals surface area contributed by atoms with Crippen LogP contribution in [0.15, 0.2) is 24.8 Å². The van der Waals surface area contributed by atoms with Crippen molar-refractivity contribution in [1.29, 1.82) is 0 Å². The average molecular weight is 192 g/mol. The Morgan fingerprint density at radius 3 is 2.50 bits per heavy atom. The van der Waals surface area contributed by atoms with Gasteiger partial charge < -0.3 is 4.74 Å². The molecule has 76 valence electrons. The van der Waals surface area contributed by atoms with E-state index in [1.807, 2.05) is 12.1 Å². The van der Waals surface area contributed by atoms with Gasteiger partial charge in [-0.05, 0) is 6.07 Å². The zero-order valence-electron chi connectivity index (χ0n) is 8.95. The van der Waals surface area contributed by atoms with Gasteiger partial charge in [0.1, 0.15) is 6.61 Å². The van der Waals surface area contributed by atoms with Crippen LogP contribution in [0, 0.1) is 0 Å². The summed E-state index contributed by atoms with van der Waals surface area (Å²) in [4.78, 5) is 0. The SMILES string of the molecule is C=CCOc1ccc(C(C)(C)C)nn1. The molecule has 0 unspecified atom stereocenters. The highest BCUT2D eigenvalue weighted by molar-refractivity contribution is 5.16.